The van der Waals surface area contributed by atoms with Crippen LogP contribution in [0.4, 0.5) is 5.69 Å². The molecular formula is C16H19N3O5S. The summed E-state index contributed by atoms with van der Waals surface area (Å²) in [4.78, 5) is 23.6. The fourth-order valence-corrected chi connectivity index (χ4v) is 2.92. The van der Waals surface area contributed by atoms with Crippen LogP contribution in [0.15, 0.2) is 41.6 Å². The number of benzene rings is 1. The van der Waals surface area contributed by atoms with Gasteiger partial charge in [0.1, 0.15) is 0 Å². The summed E-state index contributed by atoms with van der Waals surface area (Å²) in [6.45, 7) is 4.49. The molecule has 1 aromatic heterocycles. The van der Waals surface area contributed by atoms with Crippen molar-refractivity contribution in [2.45, 2.75) is 31.2 Å². The Morgan fingerprint density at radius 3 is 2.60 bits per heavy atom. The molecule has 1 amide bonds. The van der Waals surface area contributed by atoms with Crippen molar-refractivity contribution in [1.82, 2.24) is 9.78 Å². The molecular weight excluding hydrogens is 346 g/mol. The van der Waals surface area contributed by atoms with E-state index in [0.717, 1.165) is 0 Å². The van der Waals surface area contributed by atoms with E-state index < -0.39 is 27.3 Å². The number of carbonyl (C=O) groups excluding carboxylic acids is 1. The quantitative estimate of drug-likeness (QED) is 0.805. The van der Waals surface area contributed by atoms with Gasteiger partial charge in [-0.1, -0.05) is 13.0 Å². The number of amides is 1. The average molecular weight is 365 g/mol. The van der Waals surface area contributed by atoms with Crippen LogP contribution in [0.1, 0.15) is 31.1 Å². The molecule has 0 aliphatic rings. The van der Waals surface area contributed by atoms with Gasteiger partial charge in [0.25, 0.3) is 5.91 Å². The van der Waals surface area contributed by atoms with Gasteiger partial charge >= 0.3 is 5.97 Å². The van der Waals surface area contributed by atoms with Gasteiger partial charge in [0.05, 0.1) is 22.5 Å². The smallest absolute Gasteiger partial charge is 0.331 e. The molecule has 25 heavy (non-hydrogen) atoms. The highest BCUT2D eigenvalue weighted by atomic mass is 32.2. The van der Waals surface area contributed by atoms with E-state index in [2.05, 4.69) is 10.4 Å². The zero-order valence-corrected chi connectivity index (χ0v) is 14.9. The molecule has 0 atom stereocenters. The third-order valence-electron chi connectivity index (χ3n) is 3.77. The first-order chi connectivity index (χ1) is 11.6. The first-order valence-electron chi connectivity index (χ1n) is 7.50. The topological polar surface area (TPSA) is 118 Å². The predicted molar refractivity (Wildman–Crippen MR) is 91.3 cm³/mol. The number of hydrogen-bond donors (Lipinski definition) is 2. The van der Waals surface area contributed by atoms with Crippen LogP contribution in [-0.4, -0.2) is 40.9 Å². The molecule has 0 bridgehead atoms. The third kappa shape index (κ3) is 3.87. The van der Waals surface area contributed by atoms with E-state index in [1.54, 1.807) is 0 Å². The number of anilines is 1. The molecule has 8 nitrogen and oxygen atoms in total. The Morgan fingerprint density at radius 2 is 2.00 bits per heavy atom. The predicted octanol–water partition coefficient (Wildman–Crippen LogP) is 1.75. The standard InChI is InChI=1S/C16H19N3O5S/c1-4-25(23,24)13-7-5-6-11(8-13)14(20)18-12-9-17-19(10-12)16(2,3)15(21)22/h5-10H,4H2,1-3H3,(H,18,20)(H,21,22). The molecule has 9 heteroatoms. The number of aliphatic carboxylic acids is 1. The minimum Gasteiger partial charge on any atom is -0.479 e. The molecule has 0 unspecified atom stereocenters. The second kappa shape index (κ2) is 6.67. The van der Waals surface area contributed by atoms with Crippen molar-refractivity contribution in [2.75, 3.05) is 11.1 Å². The highest BCUT2D eigenvalue weighted by Crippen LogP contribution is 2.19. The Hall–Kier alpha value is -2.68. The third-order valence-corrected chi connectivity index (χ3v) is 5.50. The van der Waals surface area contributed by atoms with Gasteiger partial charge in [0.2, 0.25) is 0 Å². The lowest BCUT2D eigenvalue weighted by molar-refractivity contribution is -0.146. The molecule has 0 aliphatic carbocycles. The number of nitrogens with zero attached hydrogens (tertiary/aromatic N) is 2. The molecule has 0 radical (unpaired) electrons. The monoisotopic (exact) mass is 365 g/mol. The summed E-state index contributed by atoms with van der Waals surface area (Å²) >= 11 is 0. The Morgan fingerprint density at radius 1 is 1.32 bits per heavy atom. The van der Waals surface area contributed by atoms with Gasteiger partial charge in [0.15, 0.2) is 15.4 Å². The lowest BCUT2D eigenvalue weighted by Gasteiger charge is -2.19. The number of carboxylic acid groups (broad SMARTS) is 1. The van der Waals surface area contributed by atoms with E-state index in [-0.39, 0.29) is 16.2 Å². The van der Waals surface area contributed by atoms with Crippen molar-refractivity contribution in [3.05, 3.63) is 42.2 Å². The number of carbonyl (C=O) groups is 2. The normalized spacial score (nSPS) is 12.0. The zero-order valence-electron chi connectivity index (χ0n) is 14.1. The maximum atomic E-state index is 12.3. The summed E-state index contributed by atoms with van der Waals surface area (Å²) in [6.07, 6.45) is 2.73. The first-order valence-corrected chi connectivity index (χ1v) is 9.16. The van der Waals surface area contributed by atoms with Gasteiger partial charge < -0.3 is 10.4 Å². The van der Waals surface area contributed by atoms with E-state index in [1.807, 2.05) is 0 Å². The molecule has 0 saturated heterocycles. The molecule has 134 valence electrons. The van der Waals surface area contributed by atoms with E-state index in [1.165, 1.54) is 62.1 Å². The average Bonchev–Trinajstić information content (AvgIpc) is 3.04. The van der Waals surface area contributed by atoms with Gasteiger partial charge in [-0.05, 0) is 32.0 Å². The minimum atomic E-state index is -3.41. The molecule has 2 aromatic rings. The van der Waals surface area contributed by atoms with Gasteiger partial charge in [0, 0.05) is 11.8 Å². The number of carboxylic acids is 1. The zero-order chi connectivity index (χ0) is 18.8. The minimum absolute atomic E-state index is 0.0604. The van der Waals surface area contributed by atoms with Crippen LogP contribution in [0, 0.1) is 0 Å². The second-order valence-corrected chi connectivity index (χ2v) is 8.20. The van der Waals surface area contributed by atoms with Crippen LogP contribution in [0.2, 0.25) is 0 Å². The Balaban J connectivity index is 2.23. The molecule has 0 saturated carbocycles. The lowest BCUT2D eigenvalue weighted by atomic mass is 10.1. The fourth-order valence-electron chi connectivity index (χ4n) is 1.99. The van der Waals surface area contributed by atoms with Crippen molar-refractivity contribution in [2.24, 2.45) is 0 Å². The van der Waals surface area contributed by atoms with Gasteiger partial charge in [-0.3, -0.25) is 9.48 Å². The molecule has 1 aromatic carbocycles. The second-order valence-electron chi connectivity index (χ2n) is 5.92. The van der Waals surface area contributed by atoms with Crippen LogP contribution in [-0.2, 0) is 20.2 Å². The van der Waals surface area contributed by atoms with E-state index in [9.17, 15) is 23.1 Å². The molecule has 0 aliphatic heterocycles. The van der Waals surface area contributed by atoms with Gasteiger partial charge in [-0.25, -0.2) is 13.2 Å². The van der Waals surface area contributed by atoms with Crippen molar-refractivity contribution in [3.63, 3.8) is 0 Å². The molecule has 0 spiro atoms. The molecule has 2 N–H and O–H groups in total. The summed E-state index contributed by atoms with van der Waals surface area (Å²) < 4.78 is 25.0. The number of hydrogen-bond acceptors (Lipinski definition) is 5. The first kappa shape index (κ1) is 18.7. The van der Waals surface area contributed by atoms with Gasteiger partial charge in [-0.2, -0.15) is 5.10 Å². The number of rotatable bonds is 6. The van der Waals surface area contributed by atoms with E-state index in [4.69, 9.17) is 0 Å². The Kier molecular flexibility index (Phi) is 4.98. The van der Waals surface area contributed by atoms with Crippen LogP contribution in [0.5, 0.6) is 0 Å². The Bertz CT molecular complexity index is 915. The summed E-state index contributed by atoms with van der Waals surface area (Å²) in [5.74, 6) is -1.64. The maximum absolute atomic E-state index is 12.3. The molecule has 2 rings (SSSR count). The summed E-state index contributed by atoms with van der Waals surface area (Å²) in [5.41, 5.74) is -0.777. The van der Waals surface area contributed by atoms with Crippen molar-refractivity contribution >= 4 is 27.4 Å². The van der Waals surface area contributed by atoms with Crippen LogP contribution >= 0.6 is 0 Å². The lowest BCUT2D eigenvalue weighted by Crippen LogP contribution is -2.35. The van der Waals surface area contributed by atoms with Crippen molar-refractivity contribution in [3.8, 4) is 0 Å². The number of nitrogens with one attached hydrogen (secondary N) is 1. The van der Waals surface area contributed by atoms with Crippen molar-refractivity contribution in [1.29, 1.82) is 0 Å². The molecule has 1 heterocycles. The fraction of sp³-hybridized carbons (Fsp3) is 0.312. The Labute approximate surface area is 145 Å². The number of aromatic nitrogens is 2. The maximum Gasteiger partial charge on any atom is 0.331 e. The van der Waals surface area contributed by atoms with Crippen molar-refractivity contribution < 1.29 is 23.1 Å². The van der Waals surface area contributed by atoms with E-state index >= 15 is 0 Å². The SMILES string of the molecule is CCS(=O)(=O)c1cccc(C(=O)Nc2cnn(C(C)(C)C(=O)O)c2)c1. The largest absolute Gasteiger partial charge is 0.479 e. The van der Waals surface area contributed by atoms with Gasteiger partial charge in [-0.15, -0.1) is 0 Å². The summed E-state index contributed by atoms with van der Waals surface area (Å²) in [5, 5.41) is 15.7. The van der Waals surface area contributed by atoms with Crippen LogP contribution < -0.4 is 5.32 Å². The number of sulfone groups is 1. The van der Waals surface area contributed by atoms with E-state index in [0.29, 0.717) is 5.69 Å². The highest BCUT2D eigenvalue weighted by Gasteiger charge is 2.30. The highest BCUT2D eigenvalue weighted by molar-refractivity contribution is 7.91. The van der Waals surface area contributed by atoms with Crippen LogP contribution in [0.25, 0.3) is 0 Å². The summed E-state index contributed by atoms with van der Waals surface area (Å²) in [7, 11) is -3.41. The molecule has 0 fully saturated rings. The summed E-state index contributed by atoms with van der Waals surface area (Å²) in [6, 6.07) is 5.73. The van der Waals surface area contributed by atoms with Crippen LogP contribution in [0.3, 0.4) is 0 Å².